The van der Waals surface area contributed by atoms with Gasteiger partial charge in [0.1, 0.15) is 11.5 Å². The Bertz CT molecular complexity index is 844. The molecule has 1 aliphatic rings. The molecule has 3 rings (SSSR count). The molecule has 5 nitrogen and oxygen atoms in total. The van der Waals surface area contributed by atoms with E-state index >= 15 is 0 Å². The summed E-state index contributed by atoms with van der Waals surface area (Å²) in [5.41, 5.74) is 2.46. The van der Waals surface area contributed by atoms with E-state index in [2.05, 4.69) is 0 Å². The normalized spacial score (nSPS) is 16.1. The van der Waals surface area contributed by atoms with Crippen molar-refractivity contribution in [2.75, 3.05) is 20.3 Å². The zero-order valence-electron chi connectivity index (χ0n) is 16.7. The van der Waals surface area contributed by atoms with Crippen LogP contribution in [0.25, 0.3) is 0 Å². The Labute approximate surface area is 166 Å². The topological polar surface area (TPSA) is 55.8 Å². The molecule has 0 spiro atoms. The van der Waals surface area contributed by atoms with E-state index in [1.165, 1.54) is 6.92 Å². The van der Waals surface area contributed by atoms with Crippen molar-refractivity contribution < 1.29 is 19.1 Å². The highest BCUT2D eigenvalue weighted by molar-refractivity contribution is 5.94. The maximum atomic E-state index is 13.1. The molecule has 1 aliphatic heterocycles. The molecule has 0 saturated carbocycles. The molecule has 2 aromatic carbocycles. The molecule has 0 aliphatic carbocycles. The number of carbonyl (C=O) groups excluding carboxylic acids is 2. The minimum Gasteiger partial charge on any atom is -0.496 e. The highest BCUT2D eigenvalue weighted by Crippen LogP contribution is 2.34. The van der Waals surface area contributed by atoms with E-state index in [9.17, 15) is 9.59 Å². The summed E-state index contributed by atoms with van der Waals surface area (Å²) in [6.07, 6.45) is 2.15. The van der Waals surface area contributed by atoms with Crippen molar-refractivity contribution in [2.45, 2.75) is 39.2 Å². The zero-order valence-corrected chi connectivity index (χ0v) is 16.7. The molecule has 0 bridgehead atoms. The fourth-order valence-electron chi connectivity index (χ4n) is 3.76. The van der Waals surface area contributed by atoms with Gasteiger partial charge >= 0.3 is 0 Å². The van der Waals surface area contributed by atoms with Crippen LogP contribution in [-0.4, -0.2) is 36.9 Å². The maximum Gasteiger partial charge on any atom is 0.227 e. The van der Waals surface area contributed by atoms with Crippen LogP contribution in [-0.2, 0) is 11.2 Å². The van der Waals surface area contributed by atoms with Crippen molar-refractivity contribution in [1.29, 1.82) is 0 Å². The Morgan fingerprint density at radius 3 is 2.54 bits per heavy atom. The lowest BCUT2D eigenvalue weighted by Gasteiger charge is -2.26. The molecule has 1 amide bonds. The summed E-state index contributed by atoms with van der Waals surface area (Å²) in [5.74, 6) is 1.50. The molecule has 5 heteroatoms. The molecular formula is C23H27NO4. The van der Waals surface area contributed by atoms with Crippen LogP contribution in [0.4, 0.5) is 0 Å². The average Bonchev–Trinajstić information content (AvgIpc) is 3.18. The van der Waals surface area contributed by atoms with Crippen molar-refractivity contribution in [3.63, 3.8) is 0 Å². The molecule has 0 aromatic heterocycles. The second-order valence-corrected chi connectivity index (χ2v) is 7.01. The summed E-state index contributed by atoms with van der Waals surface area (Å²) >= 11 is 0. The number of methoxy groups -OCH3 is 1. The summed E-state index contributed by atoms with van der Waals surface area (Å²) in [5, 5.41) is 0. The van der Waals surface area contributed by atoms with E-state index < -0.39 is 0 Å². The summed E-state index contributed by atoms with van der Waals surface area (Å²) in [7, 11) is 1.58. The Morgan fingerprint density at radius 1 is 1.14 bits per heavy atom. The number of ketones is 1. The van der Waals surface area contributed by atoms with E-state index in [1.54, 1.807) is 25.3 Å². The van der Waals surface area contributed by atoms with Crippen molar-refractivity contribution in [3.05, 3.63) is 59.2 Å². The lowest BCUT2D eigenvalue weighted by atomic mass is 10.0. The first-order chi connectivity index (χ1) is 13.5. The third-order valence-electron chi connectivity index (χ3n) is 5.18. The van der Waals surface area contributed by atoms with Crippen molar-refractivity contribution in [1.82, 2.24) is 4.90 Å². The summed E-state index contributed by atoms with van der Waals surface area (Å²) in [4.78, 5) is 26.7. The van der Waals surface area contributed by atoms with Gasteiger partial charge < -0.3 is 14.4 Å². The van der Waals surface area contributed by atoms with Gasteiger partial charge in [-0.2, -0.15) is 0 Å². The van der Waals surface area contributed by atoms with E-state index in [0.29, 0.717) is 17.9 Å². The standard InChI is InChI=1S/C23H27NO4/c1-4-28-20-10-7-17(8-11-20)21-6-5-13-24(21)23(26)15-19-14-18(16(2)25)9-12-22(19)27-3/h7-12,14,21H,4-6,13,15H2,1-3H3. The van der Waals surface area contributed by atoms with Crippen molar-refractivity contribution in [3.8, 4) is 11.5 Å². The van der Waals surface area contributed by atoms with Crippen LogP contribution < -0.4 is 9.47 Å². The second kappa shape index (κ2) is 8.91. The van der Waals surface area contributed by atoms with Crippen LogP contribution in [0, 0.1) is 0 Å². The van der Waals surface area contributed by atoms with E-state index in [-0.39, 0.29) is 24.2 Å². The molecule has 148 valence electrons. The summed E-state index contributed by atoms with van der Waals surface area (Å²) in [6, 6.07) is 13.3. The fraction of sp³-hybridized carbons (Fsp3) is 0.391. The van der Waals surface area contributed by atoms with Gasteiger partial charge in [0.05, 0.1) is 26.2 Å². The Morgan fingerprint density at radius 2 is 1.89 bits per heavy atom. The first kappa shape index (κ1) is 19.9. The number of carbonyl (C=O) groups is 2. The fourth-order valence-corrected chi connectivity index (χ4v) is 3.76. The number of amides is 1. The van der Waals surface area contributed by atoms with Gasteiger partial charge in [0.25, 0.3) is 0 Å². The van der Waals surface area contributed by atoms with E-state index in [0.717, 1.165) is 36.3 Å². The molecule has 2 aromatic rings. The lowest BCUT2D eigenvalue weighted by molar-refractivity contribution is -0.131. The Balaban J connectivity index is 1.78. The van der Waals surface area contributed by atoms with Crippen LogP contribution in [0.1, 0.15) is 54.2 Å². The molecule has 0 N–H and O–H groups in total. The highest BCUT2D eigenvalue weighted by atomic mass is 16.5. The maximum absolute atomic E-state index is 13.1. The molecule has 0 radical (unpaired) electrons. The molecular weight excluding hydrogens is 354 g/mol. The molecule has 1 heterocycles. The largest absolute Gasteiger partial charge is 0.496 e. The summed E-state index contributed by atoms with van der Waals surface area (Å²) < 4.78 is 10.9. The minimum absolute atomic E-state index is 0.0233. The highest BCUT2D eigenvalue weighted by Gasteiger charge is 2.30. The summed E-state index contributed by atoms with van der Waals surface area (Å²) in [6.45, 7) is 4.86. The quantitative estimate of drug-likeness (QED) is 0.675. The van der Waals surface area contributed by atoms with E-state index in [4.69, 9.17) is 9.47 Å². The monoisotopic (exact) mass is 381 g/mol. The van der Waals surface area contributed by atoms with Crippen LogP contribution >= 0.6 is 0 Å². The SMILES string of the molecule is CCOc1ccc(C2CCCN2C(=O)Cc2cc(C(C)=O)ccc2OC)cc1. The van der Waals surface area contributed by atoms with Crippen LogP contribution in [0.2, 0.25) is 0 Å². The number of hydrogen-bond acceptors (Lipinski definition) is 4. The number of rotatable bonds is 7. The number of likely N-dealkylation sites (tertiary alicyclic amines) is 1. The molecule has 1 unspecified atom stereocenters. The Kier molecular flexibility index (Phi) is 6.34. The predicted octanol–water partition coefficient (Wildman–Crippen LogP) is 4.20. The van der Waals surface area contributed by atoms with Gasteiger partial charge in [-0.3, -0.25) is 9.59 Å². The third-order valence-corrected chi connectivity index (χ3v) is 5.18. The number of nitrogens with zero attached hydrogens (tertiary/aromatic N) is 1. The lowest BCUT2D eigenvalue weighted by Crippen LogP contribution is -2.32. The molecule has 1 saturated heterocycles. The third kappa shape index (κ3) is 4.35. The van der Waals surface area contributed by atoms with Gasteiger partial charge in [0.15, 0.2) is 5.78 Å². The first-order valence-electron chi connectivity index (χ1n) is 9.73. The second-order valence-electron chi connectivity index (χ2n) is 7.01. The van der Waals surface area contributed by atoms with E-state index in [1.807, 2.05) is 36.1 Å². The average molecular weight is 381 g/mol. The molecule has 1 atom stereocenters. The van der Waals surface area contributed by atoms with Gasteiger partial charge in [0, 0.05) is 17.7 Å². The number of benzene rings is 2. The van der Waals surface area contributed by atoms with Gasteiger partial charge in [0.2, 0.25) is 5.91 Å². The van der Waals surface area contributed by atoms with Gasteiger partial charge in [-0.05, 0) is 62.6 Å². The number of hydrogen-bond donors (Lipinski definition) is 0. The minimum atomic E-state index is -0.0233. The van der Waals surface area contributed by atoms with Crippen molar-refractivity contribution in [2.24, 2.45) is 0 Å². The predicted molar refractivity (Wildman–Crippen MR) is 108 cm³/mol. The van der Waals surface area contributed by atoms with Gasteiger partial charge in [-0.1, -0.05) is 12.1 Å². The smallest absolute Gasteiger partial charge is 0.227 e. The number of Topliss-reactive ketones (excluding diaryl/α,β-unsaturated/α-hetero) is 1. The first-order valence-corrected chi connectivity index (χ1v) is 9.73. The van der Waals surface area contributed by atoms with Gasteiger partial charge in [-0.15, -0.1) is 0 Å². The zero-order chi connectivity index (χ0) is 20.1. The Hall–Kier alpha value is -2.82. The van der Waals surface area contributed by atoms with Crippen LogP contribution in [0.3, 0.4) is 0 Å². The van der Waals surface area contributed by atoms with Crippen molar-refractivity contribution >= 4 is 11.7 Å². The number of ether oxygens (including phenoxy) is 2. The van der Waals surface area contributed by atoms with Gasteiger partial charge in [-0.25, -0.2) is 0 Å². The molecule has 1 fully saturated rings. The van der Waals surface area contributed by atoms with Crippen LogP contribution in [0.5, 0.6) is 11.5 Å². The molecule has 28 heavy (non-hydrogen) atoms. The van der Waals surface area contributed by atoms with Crippen LogP contribution in [0.15, 0.2) is 42.5 Å².